The third-order valence-corrected chi connectivity index (χ3v) is 9.16. The van der Waals surface area contributed by atoms with E-state index in [4.69, 9.17) is 27.7 Å². The molecular weight excluding hydrogens is 678 g/mol. The molecular formula is C31H26Cl2F3N7O5. The minimum atomic E-state index is -4.87. The largest absolute Gasteiger partial charge is 0.573 e. The monoisotopic (exact) mass is 703 g/mol. The van der Waals surface area contributed by atoms with Gasteiger partial charge < -0.3 is 19.9 Å². The minimum absolute atomic E-state index is 0.0127. The summed E-state index contributed by atoms with van der Waals surface area (Å²) >= 11 is 12.5. The number of hydrogen-bond donors (Lipinski definition) is 2. The normalized spacial score (nSPS) is 20.3. The molecule has 12 nitrogen and oxygen atoms in total. The van der Waals surface area contributed by atoms with Crippen LogP contribution >= 0.6 is 23.2 Å². The molecule has 3 heterocycles. The third kappa shape index (κ3) is 5.64. The lowest BCUT2D eigenvalue weighted by Crippen LogP contribution is -2.52. The molecule has 2 fully saturated rings. The van der Waals surface area contributed by atoms with E-state index in [1.807, 2.05) is 0 Å². The Labute approximate surface area is 280 Å². The molecule has 2 aliphatic carbocycles. The second-order valence-corrected chi connectivity index (χ2v) is 13.3. The first kappa shape index (κ1) is 31.9. The molecule has 0 radical (unpaired) electrons. The number of aromatic nitrogens is 4. The van der Waals surface area contributed by atoms with Gasteiger partial charge in [0, 0.05) is 16.5 Å². The van der Waals surface area contributed by atoms with Crippen molar-refractivity contribution < 1.29 is 36.8 Å². The first-order valence-corrected chi connectivity index (χ1v) is 15.6. The van der Waals surface area contributed by atoms with Gasteiger partial charge in [0.2, 0.25) is 11.9 Å². The van der Waals surface area contributed by atoms with Gasteiger partial charge in [-0.25, -0.2) is 9.88 Å². The van der Waals surface area contributed by atoms with E-state index in [9.17, 15) is 27.6 Å². The summed E-state index contributed by atoms with van der Waals surface area (Å²) in [4.78, 5) is 51.8. The van der Waals surface area contributed by atoms with Crippen LogP contribution < -0.4 is 20.3 Å². The molecule has 17 heteroatoms. The van der Waals surface area contributed by atoms with Gasteiger partial charge in [-0.15, -0.1) is 13.2 Å². The summed E-state index contributed by atoms with van der Waals surface area (Å²) in [6.07, 6.45) is -1.67. The fraction of sp³-hybridized carbons (Fsp3) is 0.355. The van der Waals surface area contributed by atoms with Gasteiger partial charge in [-0.2, -0.15) is 4.98 Å². The van der Waals surface area contributed by atoms with Crippen LogP contribution in [-0.2, 0) is 27.1 Å². The van der Waals surface area contributed by atoms with Crippen molar-refractivity contribution in [1.29, 1.82) is 0 Å². The van der Waals surface area contributed by atoms with Crippen molar-refractivity contribution in [3.63, 3.8) is 0 Å². The van der Waals surface area contributed by atoms with E-state index in [1.54, 1.807) is 13.8 Å². The quantitative estimate of drug-likeness (QED) is 0.233. The van der Waals surface area contributed by atoms with E-state index in [2.05, 4.69) is 30.5 Å². The van der Waals surface area contributed by atoms with Crippen LogP contribution in [0.1, 0.15) is 60.4 Å². The molecule has 0 spiro atoms. The Morgan fingerprint density at radius 1 is 1.04 bits per heavy atom. The number of halogens is 5. The SMILES string of the molecule is Cc1noc(C2(NC(=O)C3(NC(=O)c4cnc5n4[C@](C)(Cc4ccc(OC(F)(F)F)cc4)C(=O)N5c4cc(Cl)cc(Cl)c4)CC3)CC2)n1. The van der Waals surface area contributed by atoms with Crippen molar-refractivity contribution in [3.05, 3.63) is 81.7 Å². The lowest BCUT2D eigenvalue weighted by Gasteiger charge is -2.27. The van der Waals surface area contributed by atoms with Gasteiger partial charge in [0.15, 0.2) is 5.82 Å². The average molecular weight is 704 g/mol. The molecule has 250 valence electrons. The molecule has 3 amide bonds. The third-order valence-electron chi connectivity index (χ3n) is 8.72. The number of alkyl halides is 3. The van der Waals surface area contributed by atoms with Crippen LogP contribution in [0.2, 0.25) is 10.0 Å². The molecule has 1 atom stereocenters. The van der Waals surface area contributed by atoms with Crippen LogP contribution in [0.5, 0.6) is 5.75 Å². The van der Waals surface area contributed by atoms with E-state index in [1.165, 1.54) is 46.0 Å². The van der Waals surface area contributed by atoms with E-state index in [-0.39, 0.29) is 33.8 Å². The first-order chi connectivity index (χ1) is 22.6. The van der Waals surface area contributed by atoms with Crippen LogP contribution in [0.3, 0.4) is 0 Å². The van der Waals surface area contributed by atoms with E-state index in [0.29, 0.717) is 43.0 Å². The predicted molar refractivity (Wildman–Crippen MR) is 164 cm³/mol. The molecule has 2 N–H and O–H groups in total. The number of aryl methyl sites for hydroxylation is 1. The van der Waals surface area contributed by atoms with Crippen molar-refractivity contribution in [2.45, 2.75) is 68.9 Å². The fourth-order valence-electron chi connectivity index (χ4n) is 6.00. The second-order valence-electron chi connectivity index (χ2n) is 12.4. The summed E-state index contributed by atoms with van der Waals surface area (Å²) in [5.41, 5.74) is -2.76. The predicted octanol–water partition coefficient (Wildman–Crippen LogP) is 5.48. The zero-order valence-corrected chi connectivity index (χ0v) is 26.8. The maximum absolute atomic E-state index is 14.3. The number of carbonyl (C=O) groups excluding carboxylic acids is 3. The van der Waals surface area contributed by atoms with Crippen LogP contribution in [0.25, 0.3) is 0 Å². The number of ether oxygens (including phenoxy) is 1. The highest BCUT2D eigenvalue weighted by Gasteiger charge is 2.58. The fourth-order valence-corrected chi connectivity index (χ4v) is 6.51. The van der Waals surface area contributed by atoms with Crippen LogP contribution in [0.4, 0.5) is 24.8 Å². The average Bonchev–Trinajstić information content (AvgIpc) is 3.84. The van der Waals surface area contributed by atoms with Gasteiger partial charge >= 0.3 is 6.36 Å². The molecule has 2 aromatic heterocycles. The standard InChI is InChI=1S/C31H26Cl2F3N7O5/c1-16-38-25(48-41-16)30(9-10-30)40-24(45)29(7-8-29)39-23(44)22-15-37-27-42(20-12-18(32)11-19(33)13-20)26(46)28(2,43(22)27)14-17-3-5-21(6-4-17)47-31(34,35)36/h3-6,11-13,15H,7-10,14H2,1-2H3,(H,39,44)(H,40,45)/t28-/m1/s1. The van der Waals surface area contributed by atoms with Crippen molar-refractivity contribution in [1.82, 2.24) is 30.3 Å². The maximum Gasteiger partial charge on any atom is 0.573 e. The number of imidazole rings is 1. The van der Waals surface area contributed by atoms with E-state index < -0.39 is 46.5 Å². The summed E-state index contributed by atoms with van der Waals surface area (Å²) in [7, 11) is 0. The number of hydrogen-bond acceptors (Lipinski definition) is 8. The number of rotatable bonds is 9. The summed E-state index contributed by atoms with van der Waals surface area (Å²) in [6, 6.07) is 9.60. The highest BCUT2D eigenvalue weighted by molar-refractivity contribution is 6.35. The van der Waals surface area contributed by atoms with Crippen LogP contribution in [-0.4, -0.2) is 49.3 Å². The number of anilines is 2. The number of nitrogens with zero attached hydrogens (tertiary/aromatic N) is 5. The lowest BCUT2D eigenvalue weighted by molar-refractivity contribution is -0.274. The van der Waals surface area contributed by atoms with E-state index >= 15 is 0 Å². The molecule has 48 heavy (non-hydrogen) atoms. The number of benzene rings is 2. The van der Waals surface area contributed by atoms with Crippen molar-refractivity contribution >= 4 is 52.6 Å². The lowest BCUT2D eigenvalue weighted by atomic mass is 9.91. The highest BCUT2D eigenvalue weighted by atomic mass is 35.5. The Balaban J connectivity index is 1.20. The topological polar surface area (TPSA) is 144 Å². The summed E-state index contributed by atoms with van der Waals surface area (Å²) in [5.74, 6) is -1.16. The number of amides is 3. The Bertz CT molecular complexity index is 1950. The van der Waals surface area contributed by atoms with Gasteiger partial charge in [0.1, 0.15) is 28.1 Å². The van der Waals surface area contributed by atoms with Gasteiger partial charge in [-0.3, -0.25) is 19.0 Å². The van der Waals surface area contributed by atoms with Gasteiger partial charge in [-0.1, -0.05) is 40.5 Å². The molecule has 7 rings (SSSR count). The molecule has 3 aliphatic rings. The summed E-state index contributed by atoms with van der Waals surface area (Å²) in [6.45, 7) is 3.27. The Hall–Kier alpha value is -4.63. The number of fused-ring (bicyclic) bond motifs is 1. The Morgan fingerprint density at radius 2 is 1.71 bits per heavy atom. The molecule has 2 aromatic carbocycles. The van der Waals surface area contributed by atoms with Crippen molar-refractivity contribution in [2.24, 2.45) is 0 Å². The van der Waals surface area contributed by atoms with Crippen LogP contribution in [0, 0.1) is 6.92 Å². The molecule has 0 bridgehead atoms. The Kier molecular flexibility index (Phi) is 7.29. The molecule has 0 unspecified atom stereocenters. The van der Waals surface area contributed by atoms with Gasteiger partial charge in [-0.05, 0) is 75.4 Å². The molecule has 1 aliphatic heterocycles. The van der Waals surface area contributed by atoms with Gasteiger partial charge in [0.25, 0.3) is 17.7 Å². The molecule has 2 saturated carbocycles. The van der Waals surface area contributed by atoms with Crippen molar-refractivity contribution in [2.75, 3.05) is 4.90 Å². The number of carbonyl (C=O) groups is 3. The molecule has 4 aromatic rings. The van der Waals surface area contributed by atoms with E-state index in [0.717, 1.165) is 12.1 Å². The molecule has 0 saturated heterocycles. The minimum Gasteiger partial charge on any atom is -0.406 e. The Morgan fingerprint density at radius 3 is 2.27 bits per heavy atom. The zero-order chi connectivity index (χ0) is 34.2. The highest BCUT2D eigenvalue weighted by Crippen LogP contribution is 2.47. The van der Waals surface area contributed by atoms with Gasteiger partial charge in [0.05, 0.1) is 11.9 Å². The maximum atomic E-state index is 14.3. The zero-order valence-electron chi connectivity index (χ0n) is 25.3. The number of nitrogens with one attached hydrogen (secondary N) is 2. The second kappa shape index (κ2) is 11.0. The van der Waals surface area contributed by atoms with Crippen molar-refractivity contribution in [3.8, 4) is 5.75 Å². The van der Waals surface area contributed by atoms with Crippen LogP contribution in [0.15, 0.2) is 53.2 Å². The smallest absolute Gasteiger partial charge is 0.406 e. The first-order valence-electron chi connectivity index (χ1n) is 14.8. The summed E-state index contributed by atoms with van der Waals surface area (Å²) in [5, 5.41) is 10.1. The summed E-state index contributed by atoms with van der Waals surface area (Å²) < 4.78 is 49.0.